The third-order valence-electron chi connectivity index (χ3n) is 0.491. The van der Waals surface area contributed by atoms with Gasteiger partial charge in [-0.3, -0.25) is 0 Å². The van der Waals surface area contributed by atoms with E-state index in [1.54, 1.807) is 0 Å². The number of hydrogen-bond donors (Lipinski definition) is 0. The first kappa shape index (κ1) is 6.03. The fraction of sp³-hybridized carbons (Fsp3) is 0.600. The van der Waals surface area contributed by atoms with Crippen LogP contribution in [0.4, 0.5) is 0 Å². The van der Waals surface area contributed by atoms with Gasteiger partial charge in [0.1, 0.15) is 0 Å². The standard InChI is InChI=1S/C5H9Cl/c1-3-4-5(2)6/h3,5H,1,4H2,2H3/t5-/m1/s1. The fourth-order valence-electron chi connectivity index (χ4n) is 0.230. The van der Waals surface area contributed by atoms with Crippen molar-refractivity contribution < 1.29 is 0 Å². The summed E-state index contributed by atoms with van der Waals surface area (Å²) in [4.78, 5) is 0. The summed E-state index contributed by atoms with van der Waals surface area (Å²) in [7, 11) is 0. The molecule has 0 aromatic carbocycles. The lowest BCUT2D eigenvalue weighted by molar-refractivity contribution is 0.971. The van der Waals surface area contributed by atoms with Gasteiger partial charge in [0.15, 0.2) is 0 Å². The molecule has 0 heterocycles. The number of allylic oxidation sites excluding steroid dienone is 1. The summed E-state index contributed by atoms with van der Waals surface area (Å²) in [5, 5.41) is 0.252. The second-order valence-corrected chi connectivity index (χ2v) is 2.05. The van der Waals surface area contributed by atoms with Gasteiger partial charge in [0.05, 0.1) is 0 Å². The van der Waals surface area contributed by atoms with Crippen LogP contribution in [-0.2, 0) is 0 Å². The minimum Gasteiger partial charge on any atom is -0.123 e. The highest BCUT2D eigenvalue weighted by molar-refractivity contribution is 6.20. The van der Waals surface area contributed by atoms with Crippen molar-refractivity contribution in [3.63, 3.8) is 0 Å². The third kappa shape index (κ3) is 4.03. The predicted octanol–water partition coefficient (Wildman–Crippen LogP) is 2.19. The van der Waals surface area contributed by atoms with E-state index in [0.717, 1.165) is 6.42 Å². The molecule has 0 fully saturated rings. The first-order valence-electron chi connectivity index (χ1n) is 2.02. The van der Waals surface area contributed by atoms with E-state index in [1.165, 1.54) is 0 Å². The van der Waals surface area contributed by atoms with Gasteiger partial charge in [0.2, 0.25) is 0 Å². The minimum absolute atomic E-state index is 0.252. The Balaban J connectivity index is 2.81. The molecular formula is C5H9Cl. The maximum Gasteiger partial charge on any atom is 0.0342 e. The first-order chi connectivity index (χ1) is 2.77. The zero-order valence-corrected chi connectivity index (χ0v) is 4.70. The van der Waals surface area contributed by atoms with Crippen molar-refractivity contribution >= 4 is 11.6 Å². The normalized spacial score (nSPS) is 13.7. The van der Waals surface area contributed by atoms with E-state index in [9.17, 15) is 0 Å². The van der Waals surface area contributed by atoms with Gasteiger partial charge < -0.3 is 0 Å². The van der Waals surface area contributed by atoms with E-state index in [2.05, 4.69) is 6.58 Å². The molecule has 0 rings (SSSR count). The van der Waals surface area contributed by atoms with Gasteiger partial charge in [0.25, 0.3) is 0 Å². The monoisotopic (exact) mass is 104 g/mol. The van der Waals surface area contributed by atoms with E-state index < -0.39 is 0 Å². The van der Waals surface area contributed by atoms with Crippen molar-refractivity contribution in [2.75, 3.05) is 0 Å². The Labute approximate surface area is 43.8 Å². The Kier molecular flexibility index (Phi) is 3.24. The van der Waals surface area contributed by atoms with Crippen LogP contribution in [0.2, 0.25) is 0 Å². The molecule has 0 radical (unpaired) electrons. The summed E-state index contributed by atoms with van der Waals surface area (Å²) in [6, 6.07) is 0. The molecule has 0 saturated heterocycles. The van der Waals surface area contributed by atoms with Crippen LogP contribution in [0, 0.1) is 0 Å². The third-order valence-corrected chi connectivity index (χ3v) is 0.670. The largest absolute Gasteiger partial charge is 0.123 e. The summed E-state index contributed by atoms with van der Waals surface area (Å²) < 4.78 is 0. The Morgan fingerprint density at radius 2 is 2.50 bits per heavy atom. The van der Waals surface area contributed by atoms with Crippen LogP contribution >= 0.6 is 11.6 Å². The minimum atomic E-state index is 0.252. The molecule has 6 heavy (non-hydrogen) atoms. The zero-order chi connectivity index (χ0) is 4.99. The summed E-state index contributed by atoms with van der Waals surface area (Å²) in [5.41, 5.74) is 0. The van der Waals surface area contributed by atoms with Crippen LogP contribution in [0.1, 0.15) is 13.3 Å². The van der Waals surface area contributed by atoms with Gasteiger partial charge in [-0.2, -0.15) is 0 Å². The molecule has 0 saturated carbocycles. The van der Waals surface area contributed by atoms with Crippen LogP contribution in [0.15, 0.2) is 12.7 Å². The zero-order valence-electron chi connectivity index (χ0n) is 3.95. The van der Waals surface area contributed by atoms with Crippen molar-refractivity contribution in [2.45, 2.75) is 18.7 Å². The molecule has 0 unspecified atom stereocenters. The van der Waals surface area contributed by atoms with Crippen LogP contribution < -0.4 is 0 Å². The molecule has 0 aliphatic heterocycles. The molecule has 0 nitrogen and oxygen atoms in total. The van der Waals surface area contributed by atoms with E-state index in [-0.39, 0.29) is 5.38 Å². The predicted molar refractivity (Wildman–Crippen MR) is 30.1 cm³/mol. The molecule has 0 aliphatic rings. The van der Waals surface area contributed by atoms with Crippen molar-refractivity contribution in [3.8, 4) is 0 Å². The van der Waals surface area contributed by atoms with E-state index in [0.29, 0.717) is 0 Å². The average molecular weight is 105 g/mol. The average Bonchev–Trinajstić information content (AvgIpc) is 1.35. The molecule has 36 valence electrons. The molecule has 1 atom stereocenters. The Bertz CT molecular complexity index is 39.2. The van der Waals surface area contributed by atoms with Crippen LogP contribution in [0.3, 0.4) is 0 Å². The van der Waals surface area contributed by atoms with E-state index in [1.807, 2.05) is 13.0 Å². The lowest BCUT2D eigenvalue weighted by Crippen LogP contribution is -1.83. The van der Waals surface area contributed by atoms with Gasteiger partial charge in [-0.15, -0.1) is 18.2 Å². The molecule has 0 spiro atoms. The Morgan fingerprint density at radius 3 is 2.50 bits per heavy atom. The second kappa shape index (κ2) is 3.23. The van der Waals surface area contributed by atoms with Crippen molar-refractivity contribution in [3.05, 3.63) is 12.7 Å². The topological polar surface area (TPSA) is 0 Å². The van der Waals surface area contributed by atoms with Crippen molar-refractivity contribution in [1.82, 2.24) is 0 Å². The van der Waals surface area contributed by atoms with Gasteiger partial charge >= 0.3 is 0 Å². The summed E-state index contributed by atoms with van der Waals surface area (Å²) in [6.45, 7) is 5.46. The summed E-state index contributed by atoms with van der Waals surface area (Å²) >= 11 is 5.51. The molecule has 0 amide bonds. The molecule has 0 aromatic rings. The lowest BCUT2D eigenvalue weighted by Gasteiger charge is -1.89. The van der Waals surface area contributed by atoms with E-state index in [4.69, 9.17) is 11.6 Å². The smallest absolute Gasteiger partial charge is 0.0342 e. The highest BCUT2D eigenvalue weighted by Gasteiger charge is 1.85. The Morgan fingerprint density at radius 1 is 2.00 bits per heavy atom. The maximum atomic E-state index is 5.51. The molecule has 0 aromatic heterocycles. The number of alkyl halides is 1. The van der Waals surface area contributed by atoms with Crippen LogP contribution in [0.5, 0.6) is 0 Å². The quantitative estimate of drug-likeness (QED) is 0.372. The van der Waals surface area contributed by atoms with Crippen molar-refractivity contribution in [1.29, 1.82) is 0 Å². The first-order valence-corrected chi connectivity index (χ1v) is 2.46. The number of halogens is 1. The number of rotatable bonds is 2. The Hall–Kier alpha value is 0.0300. The highest BCUT2D eigenvalue weighted by atomic mass is 35.5. The molecule has 1 heteroatoms. The van der Waals surface area contributed by atoms with Crippen molar-refractivity contribution in [2.24, 2.45) is 0 Å². The summed E-state index contributed by atoms with van der Waals surface area (Å²) in [5.74, 6) is 0. The van der Waals surface area contributed by atoms with Gasteiger partial charge in [-0.25, -0.2) is 0 Å². The van der Waals surface area contributed by atoms with Crippen LogP contribution in [-0.4, -0.2) is 5.38 Å². The van der Waals surface area contributed by atoms with Gasteiger partial charge in [-0.05, 0) is 13.3 Å². The maximum absolute atomic E-state index is 5.51. The lowest BCUT2D eigenvalue weighted by atomic mass is 10.3. The fourth-order valence-corrected chi connectivity index (χ4v) is 0.356. The molecule has 0 N–H and O–H groups in total. The highest BCUT2D eigenvalue weighted by Crippen LogP contribution is 1.97. The van der Waals surface area contributed by atoms with Crippen LogP contribution in [0.25, 0.3) is 0 Å². The second-order valence-electron chi connectivity index (χ2n) is 1.31. The molecule has 0 bridgehead atoms. The van der Waals surface area contributed by atoms with E-state index >= 15 is 0 Å². The SMILES string of the molecule is C=CC[C@@H](C)Cl. The molecule has 0 aliphatic carbocycles. The molecular weight excluding hydrogens is 95.5 g/mol. The summed E-state index contributed by atoms with van der Waals surface area (Å²) in [6.07, 6.45) is 2.72. The number of hydrogen-bond acceptors (Lipinski definition) is 0. The van der Waals surface area contributed by atoms with Gasteiger partial charge in [0, 0.05) is 5.38 Å². The van der Waals surface area contributed by atoms with Gasteiger partial charge in [-0.1, -0.05) is 6.08 Å².